The monoisotopic (exact) mass is 440 g/mol. The van der Waals surface area contributed by atoms with Crippen molar-refractivity contribution in [2.45, 2.75) is 65.5 Å². The number of hydrogen-bond donors (Lipinski definition) is 0. The van der Waals surface area contributed by atoms with Crippen LogP contribution in [0.5, 0.6) is 0 Å². The van der Waals surface area contributed by atoms with Gasteiger partial charge in [0.1, 0.15) is 6.61 Å². The number of hydrogen-bond acceptors (Lipinski definition) is 11. The first-order valence-electron chi connectivity index (χ1n) is 9.82. The van der Waals surface area contributed by atoms with E-state index in [0.29, 0.717) is 13.1 Å². The molecule has 3 unspecified atom stereocenters. The molecule has 0 amide bonds. The summed E-state index contributed by atoms with van der Waals surface area (Å²) in [6.45, 7) is 7.58. The van der Waals surface area contributed by atoms with Crippen molar-refractivity contribution in [3.05, 3.63) is 11.9 Å². The first kappa shape index (κ1) is 24.3. The number of aromatic nitrogens is 3. The topological polar surface area (TPSA) is 139 Å². The maximum absolute atomic E-state index is 11.8. The SMILES string of the molecule is CC(=O)OCC1[C@@H](OC(C)=O)C(OC(C)=O)C(OC(C)=O)CN1CCn1cc(C)nn1. The minimum absolute atomic E-state index is 0.117. The third-order valence-corrected chi connectivity index (χ3v) is 4.60. The van der Waals surface area contributed by atoms with Crippen LogP contribution in [0.1, 0.15) is 33.4 Å². The highest BCUT2D eigenvalue weighted by Crippen LogP contribution is 2.27. The van der Waals surface area contributed by atoms with E-state index in [1.165, 1.54) is 27.7 Å². The molecule has 12 nitrogen and oxygen atoms in total. The minimum atomic E-state index is -1.06. The van der Waals surface area contributed by atoms with Crippen LogP contribution in [0.4, 0.5) is 0 Å². The molecule has 1 aromatic rings. The summed E-state index contributed by atoms with van der Waals surface area (Å²) in [5.41, 5.74) is 0.751. The van der Waals surface area contributed by atoms with Crippen LogP contribution in [-0.2, 0) is 44.7 Å². The molecular formula is C19H28N4O8. The number of likely N-dealkylation sites (tertiary alicyclic amines) is 1. The van der Waals surface area contributed by atoms with E-state index in [1.807, 2.05) is 11.8 Å². The van der Waals surface area contributed by atoms with Gasteiger partial charge in [-0.25, -0.2) is 0 Å². The van der Waals surface area contributed by atoms with Crippen molar-refractivity contribution >= 4 is 23.9 Å². The molecular weight excluding hydrogens is 412 g/mol. The maximum Gasteiger partial charge on any atom is 0.303 e. The van der Waals surface area contributed by atoms with Crippen LogP contribution in [-0.4, -0.2) is 87.8 Å². The van der Waals surface area contributed by atoms with Crippen molar-refractivity contribution in [3.63, 3.8) is 0 Å². The Morgan fingerprint density at radius 1 is 0.935 bits per heavy atom. The predicted molar refractivity (Wildman–Crippen MR) is 103 cm³/mol. The van der Waals surface area contributed by atoms with E-state index in [4.69, 9.17) is 18.9 Å². The third kappa shape index (κ3) is 7.31. The lowest BCUT2D eigenvalue weighted by Gasteiger charge is -2.46. The zero-order valence-corrected chi connectivity index (χ0v) is 18.3. The highest BCUT2D eigenvalue weighted by atomic mass is 16.6. The van der Waals surface area contributed by atoms with Crippen LogP contribution < -0.4 is 0 Å². The predicted octanol–water partition coefficient (Wildman–Crippen LogP) is -0.371. The first-order chi connectivity index (χ1) is 14.6. The number of carbonyl (C=O) groups is 4. The molecule has 31 heavy (non-hydrogen) atoms. The molecule has 2 heterocycles. The summed E-state index contributed by atoms with van der Waals surface area (Å²) in [5, 5.41) is 7.94. The van der Waals surface area contributed by atoms with Gasteiger partial charge < -0.3 is 18.9 Å². The van der Waals surface area contributed by atoms with Crippen LogP contribution in [0.15, 0.2) is 6.20 Å². The molecule has 1 saturated heterocycles. The van der Waals surface area contributed by atoms with Gasteiger partial charge in [-0.1, -0.05) is 5.21 Å². The van der Waals surface area contributed by atoms with E-state index in [9.17, 15) is 19.2 Å². The zero-order valence-electron chi connectivity index (χ0n) is 18.3. The van der Waals surface area contributed by atoms with Crippen molar-refractivity contribution in [1.29, 1.82) is 0 Å². The summed E-state index contributed by atoms with van der Waals surface area (Å²) >= 11 is 0. The number of ether oxygens (including phenoxy) is 4. The Labute approximate surface area is 179 Å². The fraction of sp³-hybridized carbons (Fsp3) is 0.684. The molecule has 0 aromatic carbocycles. The van der Waals surface area contributed by atoms with Crippen LogP contribution in [0.25, 0.3) is 0 Å². The van der Waals surface area contributed by atoms with Gasteiger partial charge in [-0.05, 0) is 6.92 Å². The van der Waals surface area contributed by atoms with E-state index in [1.54, 1.807) is 10.9 Å². The lowest BCUT2D eigenvalue weighted by molar-refractivity contribution is -0.207. The lowest BCUT2D eigenvalue weighted by atomic mass is 9.93. The molecule has 0 bridgehead atoms. The summed E-state index contributed by atoms with van der Waals surface area (Å²) in [6, 6.07) is -0.645. The van der Waals surface area contributed by atoms with Crippen molar-refractivity contribution < 1.29 is 38.1 Å². The molecule has 1 aliphatic heterocycles. The Balaban J connectivity index is 2.35. The van der Waals surface area contributed by atoms with Crippen LogP contribution in [0.2, 0.25) is 0 Å². The molecule has 1 aromatic heterocycles. The fourth-order valence-electron chi connectivity index (χ4n) is 3.49. The van der Waals surface area contributed by atoms with Gasteiger partial charge in [0.2, 0.25) is 0 Å². The fourth-order valence-corrected chi connectivity index (χ4v) is 3.49. The second-order valence-corrected chi connectivity index (χ2v) is 7.28. The van der Waals surface area contributed by atoms with Crippen molar-refractivity contribution in [1.82, 2.24) is 19.9 Å². The molecule has 0 N–H and O–H groups in total. The number of nitrogens with zero attached hydrogens (tertiary/aromatic N) is 4. The third-order valence-electron chi connectivity index (χ3n) is 4.60. The second-order valence-electron chi connectivity index (χ2n) is 7.28. The highest BCUT2D eigenvalue weighted by molar-refractivity contribution is 5.68. The van der Waals surface area contributed by atoms with E-state index in [0.717, 1.165) is 5.69 Å². The van der Waals surface area contributed by atoms with Crippen molar-refractivity contribution in [2.24, 2.45) is 0 Å². The molecule has 0 spiro atoms. The second kappa shape index (κ2) is 10.8. The Morgan fingerprint density at radius 2 is 1.55 bits per heavy atom. The van der Waals surface area contributed by atoms with Gasteiger partial charge in [0.25, 0.3) is 0 Å². The molecule has 0 saturated carbocycles. The maximum atomic E-state index is 11.8. The Hall–Kier alpha value is -3.02. The van der Waals surface area contributed by atoms with Crippen molar-refractivity contribution in [3.8, 4) is 0 Å². The van der Waals surface area contributed by atoms with Crippen LogP contribution in [0.3, 0.4) is 0 Å². The van der Waals surface area contributed by atoms with Crippen LogP contribution >= 0.6 is 0 Å². The van der Waals surface area contributed by atoms with E-state index in [-0.39, 0.29) is 13.2 Å². The van der Waals surface area contributed by atoms with E-state index >= 15 is 0 Å². The highest BCUT2D eigenvalue weighted by Gasteiger charge is 2.49. The van der Waals surface area contributed by atoms with Gasteiger partial charge in [0.05, 0.1) is 18.3 Å². The quantitative estimate of drug-likeness (QED) is 0.386. The van der Waals surface area contributed by atoms with Crippen LogP contribution in [0, 0.1) is 6.92 Å². The summed E-state index contributed by atoms with van der Waals surface area (Å²) < 4.78 is 23.1. The normalized spacial score (nSPS) is 23.6. The molecule has 0 radical (unpaired) electrons. The smallest absolute Gasteiger partial charge is 0.303 e. The molecule has 1 aliphatic rings. The molecule has 2 rings (SSSR count). The van der Waals surface area contributed by atoms with Gasteiger partial charge in [0, 0.05) is 47.0 Å². The van der Waals surface area contributed by atoms with Gasteiger partial charge in [-0.2, -0.15) is 0 Å². The van der Waals surface area contributed by atoms with Gasteiger partial charge in [-0.15, -0.1) is 5.10 Å². The summed E-state index contributed by atoms with van der Waals surface area (Å²) in [5.74, 6) is -2.34. The minimum Gasteiger partial charge on any atom is -0.464 e. The molecule has 0 aliphatic carbocycles. The number of rotatable bonds is 8. The first-order valence-corrected chi connectivity index (χ1v) is 9.82. The standard InChI is InChI=1S/C19H28N4O8/c1-11-8-23(21-20-11)7-6-22-9-17(29-13(3)25)19(31-15(5)27)18(30-14(4)26)16(22)10-28-12(2)24/h8,16-19H,6-7,9-10H2,1-5H3/t16?,17?,18-,19?/m1/s1. The average molecular weight is 440 g/mol. The van der Waals surface area contributed by atoms with E-state index in [2.05, 4.69) is 10.3 Å². The number of carbonyl (C=O) groups excluding carboxylic acids is 4. The number of piperidine rings is 1. The summed E-state index contributed by atoms with van der Waals surface area (Å²) in [6.07, 6.45) is -1.22. The molecule has 1 fully saturated rings. The Morgan fingerprint density at radius 3 is 2.06 bits per heavy atom. The van der Waals surface area contributed by atoms with Gasteiger partial charge in [0.15, 0.2) is 18.3 Å². The van der Waals surface area contributed by atoms with Gasteiger partial charge >= 0.3 is 23.9 Å². The largest absolute Gasteiger partial charge is 0.464 e. The molecule has 4 atom stereocenters. The number of esters is 4. The number of aryl methyl sites for hydroxylation is 1. The average Bonchev–Trinajstić information content (AvgIpc) is 3.06. The Bertz CT molecular complexity index is 811. The summed E-state index contributed by atoms with van der Waals surface area (Å²) in [7, 11) is 0. The van der Waals surface area contributed by atoms with E-state index < -0.39 is 48.2 Å². The zero-order chi connectivity index (χ0) is 23.1. The Kier molecular flexibility index (Phi) is 8.48. The summed E-state index contributed by atoms with van der Waals surface area (Å²) in [4.78, 5) is 48.5. The lowest BCUT2D eigenvalue weighted by Crippen LogP contribution is -2.65. The molecule has 12 heteroatoms. The molecule has 172 valence electrons. The van der Waals surface area contributed by atoms with Gasteiger partial charge in [-0.3, -0.25) is 28.8 Å². The van der Waals surface area contributed by atoms with Crippen molar-refractivity contribution in [2.75, 3.05) is 19.7 Å².